The summed E-state index contributed by atoms with van der Waals surface area (Å²) in [6.45, 7) is 2.27. The van der Waals surface area contributed by atoms with Crippen LogP contribution in [0.3, 0.4) is 0 Å². The number of anilines is 2. The van der Waals surface area contributed by atoms with Crippen molar-refractivity contribution in [2.45, 2.75) is 30.8 Å². The molecule has 0 heterocycles. The van der Waals surface area contributed by atoms with Crippen LogP contribution in [0.25, 0.3) is 0 Å². The maximum atomic E-state index is 13.6. The zero-order chi connectivity index (χ0) is 26.8. The van der Waals surface area contributed by atoms with Crippen LogP contribution in [0, 0.1) is 6.92 Å². The lowest BCUT2D eigenvalue weighted by atomic mass is 10.1. The van der Waals surface area contributed by atoms with Gasteiger partial charge in [-0.3, -0.25) is 0 Å². The molecule has 0 saturated heterocycles. The van der Waals surface area contributed by atoms with E-state index >= 15 is 0 Å². The number of aryl methyl sites for hydroxylation is 1. The molecule has 0 bridgehead atoms. The molecule has 1 atom stereocenters. The lowest BCUT2D eigenvalue weighted by Crippen LogP contribution is -2.34. The van der Waals surface area contributed by atoms with Gasteiger partial charge < -0.3 is 5.11 Å². The lowest BCUT2D eigenvalue weighted by molar-refractivity contribution is 0.162. The fourth-order valence-electron chi connectivity index (χ4n) is 4.10. The molecule has 0 aliphatic carbocycles. The molecular formula is C31H33N3O3S. The summed E-state index contributed by atoms with van der Waals surface area (Å²) in [5, 5.41) is 17.0. The van der Waals surface area contributed by atoms with Gasteiger partial charge in [-0.25, -0.2) is 13.4 Å². The van der Waals surface area contributed by atoms with Crippen LogP contribution in [0.2, 0.25) is 0 Å². The maximum absolute atomic E-state index is 13.6. The first-order valence-electron chi connectivity index (χ1n) is 12.7. The average molecular weight is 528 g/mol. The van der Waals surface area contributed by atoms with E-state index in [0.717, 1.165) is 22.5 Å². The predicted octanol–water partition coefficient (Wildman–Crippen LogP) is 6.32. The van der Waals surface area contributed by atoms with Gasteiger partial charge in [-0.15, -0.1) is 0 Å². The molecule has 1 unspecified atom stereocenters. The Balaban J connectivity index is 1.54. The molecule has 4 aromatic rings. The van der Waals surface area contributed by atoms with E-state index in [2.05, 4.69) is 5.10 Å². The van der Waals surface area contributed by atoms with E-state index in [0.29, 0.717) is 12.8 Å². The van der Waals surface area contributed by atoms with Gasteiger partial charge in [0.15, 0.2) is 0 Å². The summed E-state index contributed by atoms with van der Waals surface area (Å²) < 4.78 is 28.6. The zero-order valence-corrected chi connectivity index (χ0v) is 22.3. The third-order valence-electron chi connectivity index (χ3n) is 6.21. The Kier molecular flexibility index (Phi) is 9.43. The summed E-state index contributed by atoms with van der Waals surface area (Å²) in [6, 6.07) is 35.7. The van der Waals surface area contributed by atoms with Gasteiger partial charge in [0.2, 0.25) is 10.0 Å². The maximum Gasteiger partial charge on any atom is 0.243 e. The number of benzene rings is 4. The van der Waals surface area contributed by atoms with E-state index in [-0.39, 0.29) is 18.0 Å². The van der Waals surface area contributed by atoms with Crippen LogP contribution in [-0.4, -0.2) is 37.1 Å². The molecule has 0 amide bonds. The highest BCUT2D eigenvalue weighted by Gasteiger charge is 2.24. The molecule has 6 nitrogen and oxygen atoms in total. The molecule has 0 radical (unpaired) electrons. The number of nitrogens with zero attached hydrogens (tertiary/aromatic N) is 3. The summed E-state index contributed by atoms with van der Waals surface area (Å²) >= 11 is 0. The monoisotopic (exact) mass is 527 g/mol. The molecule has 7 heteroatoms. The van der Waals surface area contributed by atoms with E-state index in [9.17, 15) is 13.5 Å². The van der Waals surface area contributed by atoms with Gasteiger partial charge in [0.25, 0.3) is 0 Å². The van der Waals surface area contributed by atoms with Crippen molar-refractivity contribution in [3.8, 4) is 0 Å². The zero-order valence-electron chi connectivity index (χ0n) is 21.5. The SMILES string of the molecule is Cc1ccc(S(=O)(=O)N(C/C=N/N(c2ccccc2)c2ccccc2)CCCC(O)c2ccccc2)cc1. The quantitative estimate of drug-likeness (QED) is 0.173. The second kappa shape index (κ2) is 13.1. The Morgan fingerprint density at radius 1 is 0.789 bits per heavy atom. The molecule has 0 spiro atoms. The number of hydrogen-bond acceptors (Lipinski definition) is 5. The molecule has 0 fully saturated rings. The van der Waals surface area contributed by atoms with Crippen molar-refractivity contribution in [3.63, 3.8) is 0 Å². The lowest BCUT2D eigenvalue weighted by Gasteiger charge is -2.23. The van der Waals surface area contributed by atoms with Crippen molar-refractivity contribution in [2.75, 3.05) is 18.1 Å². The molecule has 0 aliphatic rings. The number of aliphatic hydroxyl groups is 1. The minimum Gasteiger partial charge on any atom is -0.388 e. The van der Waals surface area contributed by atoms with Crippen LogP contribution in [-0.2, 0) is 10.0 Å². The Morgan fingerprint density at radius 3 is 1.87 bits per heavy atom. The second-order valence-electron chi connectivity index (χ2n) is 9.03. The highest BCUT2D eigenvalue weighted by Crippen LogP contribution is 2.25. The van der Waals surface area contributed by atoms with E-state index in [1.54, 1.807) is 35.5 Å². The largest absolute Gasteiger partial charge is 0.388 e. The molecule has 0 saturated carbocycles. The molecule has 196 valence electrons. The minimum atomic E-state index is -3.77. The van der Waals surface area contributed by atoms with Gasteiger partial charge in [0, 0.05) is 12.8 Å². The van der Waals surface area contributed by atoms with E-state index in [1.807, 2.05) is 97.9 Å². The smallest absolute Gasteiger partial charge is 0.243 e. The summed E-state index contributed by atoms with van der Waals surface area (Å²) in [6.07, 6.45) is 1.91. The molecule has 1 N–H and O–H groups in total. The van der Waals surface area contributed by atoms with Gasteiger partial charge >= 0.3 is 0 Å². The first-order chi connectivity index (χ1) is 18.4. The van der Waals surface area contributed by atoms with Crippen molar-refractivity contribution in [1.29, 1.82) is 0 Å². The number of hydrogen-bond donors (Lipinski definition) is 1. The number of sulfonamides is 1. The fraction of sp³-hybridized carbons (Fsp3) is 0.194. The normalized spacial score (nSPS) is 12.6. The molecule has 0 aromatic heterocycles. The average Bonchev–Trinajstić information content (AvgIpc) is 2.96. The molecule has 4 rings (SSSR count). The van der Waals surface area contributed by atoms with Crippen molar-refractivity contribution in [1.82, 2.24) is 4.31 Å². The molecule has 4 aromatic carbocycles. The van der Waals surface area contributed by atoms with Gasteiger partial charge in [0.1, 0.15) is 0 Å². The number of hydrazone groups is 1. The van der Waals surface area contributed by atoms with Gasteiger partial charge in [-0.2, -0.15) is 9.41 Å². The van der Waals surface area contributed by atoms with Crippen molar-refractivity contribution in [2.24, 2.45) is 5.10 Å². The van der Waals surface area contributed by atoms with Gasteiger partial charge in [-0.05, 0) is 61.7 Å². The van der Waals surface area contributed by atoms with Crippen molar-refractivity contribution in [3.05, 3.63) is 126 Å². The van der Waals surface area contributed by atoms with E-state index in [4.69, 9.17) is 0 Å². The summed E-state index contributed by atoms with van der Waals surface area (Å²) in [4.78, 5) is 0.239. The van der Waals surface area contributed by atoms with Crippen LogP contribution in [0.4, 0.5) is 11.4 Å². The standard InChI is InChI=1S/C31H33N3O3S/c1-26-19-21-30(22-20-26)38(36,37)33(24-11-18-31(35)27-12-5-2-6-13-27)25-23-32-34(28-14-7-3-8-15-28)29-16-9-4-10-17-29/h2-10,12-17,19-23,31,35H,11,18,24-25H2,1H3/b32-23+. The summed E-state index contributed by atoms with van der Waals surface area (Å²) in [5.41, 5.74) is 3.55. The fourth-order valence-corrected chi connectivity index (χ4v) is 5.51. The highest BCUT2D eigenvalue weighted by atomic mass is 32.2. The van der Waals surface area contributed by atoms with Crippen LogP contribution in [0.1, 0.15) is 30.1 Å². The third-order valence-corrected chi connectivity index (χ3v) is 8.09. The third kappa shape index (κ3) is 7.16. The van der Waals surface area contributed by atoms with E-state index < -0.39 is 16.1 Å². The van der Waals surface area contributed by atoms with Crippen LogP contribution in [0.5, 0.6) is 0 Å². The van der Waals surface area contributed by atoms with Gasteiger partial charge in [-0.1, -0.05) is 84.4 Å². The van der Waals surface area contributed by atoms with Crippen molar-refractivity contribution >= 4 is 27.6 Å². The highest BCUT2D eigenvalue weighted by molar-refractivity contribution is 7.89. The van der Waals surface area contributed by atoms with E-state index in [1.165, 1.54) is 4.31 Å². The van der Waals surface area contributed by atoms with Gasteiger partial charge in [0.05, 0.1) is 28.9 Å². The second-order valence-corrected chi connectivity index (χ2v) is 11.0. The Morgan fingerprint density at radius 2 is 1.32 bits per heavy atom. The van der Waals surface area contributed by atoms with Crippen LogP contribution in [0.15, 0.2) is 125 Å². The number of para-hydroxylation sites is 2. The Hall–Kier alpha value is -3.78. The summed E-state index contributed by atoms with van der Waals surface area (Å²) in [7, 11) is -3.77. The number of rotatable bonds is 12. The minimum absolute atomic E-state index is 0.0911. The van der Waals surface area contributed by atoms with Crippen LogP contribution >= 0.6 is 0 Å². The molecular weight excluding hydrogens is 494 g/mol. The Bertz CT molecular complexity index is 1360. The summed E-state index contributed by atoms with van der Waals surface area (Å²) in [5.74, 6) is 0. The molecule has 38 heavy (non-hydrogen) atoms. The predicted molar refractivity (Wildman–Crippen MR) is 154 cm³/mol. The first-order valence-corrected chi connectivity index (χ1v) is 14.1. The number of aliphatic hydroxyl groups excluding tert-OH is 1. The molecule has 0 aliphatic heterocycles. The van der Waals surface area contributed by atoms with Crippen molar-refractivity contribution < 1.29 is 13.5 Å². The topological polar surface area (TPSA) is 73.2 Å². The van der Waals surface area contributed by atoms with Crippen LogP contribution < -0.4 is 5.01 Å². The Labute approximate surface area is 225 Å². The first kappa shape index (κ1) is 27.3.